The molecule has 0 aliphatic rings. The van der Waals surface area contributed by atoms with E-state index in [-0.39, 0.29) is 6.02 Å². The lowest BCUT2D eigenvalue weighted by Crippen LogP contribution is -2.25. The second-order valence-corrected chi connectivity index (χ2v) is 3.61. The first kappa shape index (κ1) is 14.0. The molecule has 0 spiro atoms. The van der Waals surface area contributed by atoms with Crippen molar-refractivity contribution in [2.45, 2.75) is 13.3 Å². The van der Waals surface area contributed by atoms with E-state index in [1.807, 2.05) is 31.2 Å². The Morgan fingerprint density at radius 1 is 1.39 bits per heavy atom. The lowest BCUT2D eigenvalue weighted by atomic mass is 10.2. The third-order valence-electron chi connectivity index (χ3n) is 2.26. The van der Waals surface area contributed by atoms with Gasteiger partial charge < -0.3 is 9.47 Å². The minimum Gasteiger partial charge on any atom is -0.493 e. The number of aryl methyl sites for hydroxylation is 1. The van der Waals surface area contributed by atoms with Gasteiger partial charge in [-0.05, 0) is 18.6 Å². The van der Waals surface area contributed by atoms with Crippen LogP contribution in [-0.4, -0.2) is 32.7 Å². The van der Waals surface area contributed by atoms with E-state index in [1.165, 1.54) is 0 Å². The summed E-state index contributed by atoms with van der Waals surface area (Å²) in [6.07, 6.45) is 1.25. The van der Waals surface area contributed by atoms with E-state index in [0.717, 1.165) is 11.3 Å². The van der Waals surface area contributed by atoms with Crippen molar-refractivity contribution in [1.29, 1.82) is 0 Å². The van der Waals surface area contributed by atoms with E-state index < -0.39 is 0 Å². The number of amidine groups is 1. The molecule has 1 N–H and O–H groups in total. The number of aliphatic imine (C=N–C) groups is 1. The van der Waals surface area contributed by atoms with Crippen LogP contribution in [0.4, 0.5) is 0 Å². The molecule has 0 fully saturated rings. The highest BCUT2D eigenvalue weighted by atomic mass is 16.5. The Balaban J connectivity index is 2.19. The van der Waals surface area contributed by atoms with Crippen LogP contribution in [-0.2, 0) is 9.53 Å². The molecule has 1 amide bonds. The predicted molar refractivity (Wildman–Crippen MR) is 69.8 cm³/mol. The Hall–Kier alpha value is -2.04. The molecule has 1 aromatic carbocycles. The monoisotopic (exact) mass is 250 g/mol. The number of nitrogens with one attached hydrogen (secondary N) is 1. The second-order valence-electron chi connectivity index (χ2n) is 3.61. The van der Waals surface area contributed by atoms with Gasteiger partial charge in [-0.1, -0.05) is 18.2 Å². The van der Waals surface area contributed by atoms with E-state index in [9.17, 15) is 4.79 Å². The molecule has 0 aromatic heterocycles. The molecule has 98 valence electrons. The lowest BCUT2D eigenvalue weighted by Gasteiger charge is -2.09. The van der Waals surface area contributed by atoms with Crippen LogP contribution in [0.5, 0.6) is 5.75 Å². The summed E-state index contributed by atoms with van der Waals surface area (Å²) in [4.78, 5) is 13.9. The molecule has 0 aliphatic heterocycles. The fraction of sp³-hybridized carbons (Fsp3) is 0.385. The van der Waals surface area contributed by atoms with Crippen molar-refractivity contribution in [3.63, 3.8) is 0 Å². The van der Waals surface area contributed by atoms with Gasteiger partial charge in [0.25, 0.3) is 6.02 Å². The number of benzene rings is 1. The molecular weight excluding hydrogens is 232 g/mol. The van der Waals surface area contributed by atoms with Gasteiger partial charge in [-0.25, -0.2) is 4.99 Å². The second kappa shape index (κ2) is 8.11. The number of ether oxygens (including phenoxy) is 2. The third kappa shape index (κ3) is 4.86. The van der Waals surface area contributed by atoms with E-state index >= 15 is 0 Å². The number of carbonyl (C=O) groups excluding carboxylic acids is 1. The van der Waals surface area contributed by atoms with Gasteiger partial charge in [0.15, 0.2) is 0 Å². The first-order valence-electron chi connectivity index (χ1n) is 5.76. The van der Waals surface area contributed by atoms with Crippen molar-refractivity contribution < 1.29 is 14.3 Å². The molecule has 18 heavy (non-hydrogen) atoms. The Kier molecular flexibility index (Phi) is 6.32. The standard InChI is InChI=1S/C13H18N2O3/c1-11-6-3-4-7-12(11)17-8-5-9-18-13(14-2)15-10-16/h3-4,6-7,10H,5,8-9H2,1-2H3,(H,14,15,16). The molecule has 0 saturated heterocycles. The van der Waals surface area contributed by atoms with E-state index in [1.54, 1.807) is 7.05 Å². The SMILES string of the molecule is CN=C(NC=O)OCCCOc1ccccc1C. The van der Waals surface area contributed by atoms with Crippen molar-refractivity contribution >= 4 is 12.4 Å². The van der Waals surface area contributed by atoms with Gasteiger partial charge >= 0.3 is 0 Å². The van der Waals surface area contributed by atoms with Crippen LogP contribution in [0, 0.1) is 6.92 Å². The van der Waals surface area contributed by atoms with Gasteiger partial charge in [-0.2, -0.15) is 0 Å². The van der Waals surface area contributed by atoms with Crippen molar-refractivity contribution in [3.8, 4) is 5.75 Å². The minimum absolute atomic E-state index is 0.223. The maximum atomic E-state index is 10.2. The first-order chi connectivity index (χ1) is 8.77. The van der Waals surface area contributed by atoms with Crippen molar-refractivity contribution in [3.05, 3.63) is 29.8 Å². The number of amides is 1. The molecular formula is C13H18N2O3. The number of nitrogens with zero attached hydrogens (tertiary/aromatic N) is 1. The van der Waals surface area contributed by atoms with Crippen LogP contribution in [0.1, 0.15) is 12.0 Å². The fourth-order valence-electron chi connectivity index (χ4n) is 1.35. The topological polar surface area (TPSA) is 59.9 Å². The smallest absolute Gasteiger partial charge is 0.290 e. The summed E-state index contributed by atoms with van der Waals surface area (Å²) in [7, 11) is 1.55. The quantitative estimate of drug-likeness (QED) is 0.360. The Labute approximate surface area is 107 Å². The maximum Gasteiger partial charge on any atom is 0.290 e. The Bertz CT molecular complexity index is 405. The number of rotatable bonds is 6. The molecule has 0 unspecified atom stereocenters. The number of hydrogen-bond acceptors (Lipinski definition) is 4. The molecule has 0 aliphatic carbocycles. The Morgan fingerprint density at radius 2 is 2.17 bits per heavy atom. The van der Waals surface area contributed by atoms with Gasteiger partial charge in [-0.3, -0.25) is 10.1 Å². The van der Waals surface area contributed by atoms with Gasteiger partial charge in [0.1, 0.15) is 5.75 Å². The zero-order chi connectivity index (χ0) is 13.2. The normalized spacial score (nSPS) is 10.9. The van der Waals surface area contributed by atoms with Crippen molar-refractivity contribution in [2.75, 3.05) is 20.3 Å². The van der Waals surface area contributed by atoms with E-state index in [2.05, 4.69) is 10.3 Å². The van der Waals surface area contributed by atoms with Crippen LogP contribution in [0.25, 0.3) is 0 Å². The summed E-state index contributed by atoms with van der Waals surface area (Å²) in [5.41, 5.74) is 1.11. The van der Waals surface area contributed by atoms with E-state index in [4.69, 9.17) is 9.47 Å². The molecule has 5 nitrogen and oxygen atoms in total. The first-order valence-corrected chi connectivity index (χ1v) is 5.76. The van der Waals surface area contributed by atoms with Crippen LogP contribution >= 0.6 is 0 Å². The number of carbonyl (C=O) groups is 1. The molecule has 0 saturated carbocycles. The summed E-state index contributed by atoms with van der Waals surface area (Å²) in [6.45, 7) is 3.00. The van der Waals surface area contributed by atoms with Crippen LogP contribution in [0.15, 0.2) is 29.3 Å². The van der Waals surface area contributed by atoms with E-state index in [0.29, 0.717) is 26.0 Å². The van der Waals surface area contributed by atoms with Gasteiger partial charge in [0, 0.05) is 13.5 Å². The highest BCUT2D eigenvalue weighted by molar-refractivity contribution is 5.83. The lowest BCUT2D eigenvalue weighted by molar-refractivity contribution is -0.108. The van der Waals surface area contributed by atoms with Crippen LogP contribution < -0.4 is 10.1 Å². The maximum absolute atomic E-state index is 10.2. The van der Waals surface area contributed by atoms with Crippen molar-refractivity contribution in [2.24, 2.45) is 4.99 Å². The molecule has 1 aromatic rings. The fourth-order valence-corrected chi connectivity index (χ4v) is 1.35. The van der Waals surface area contributed by atoms with Gasteiger partial charge in [0.2, 0.25) is 6.41 Å². The zero-order valence-corrected chi connectivity index (χ0v) is 10.7. The third-order valence-corrected chi connectivity index (χ3v) is 2.26. The number of hydrogen-bond donors (Lipinski definition) is 1. The van der Waals surface area contributed by atoms with Crippen LogP contribution in [0.2, 0.25) is 0 Å². The minimum atomic E-state index is 0.223. The highest BCUT2D eigenvalue weighted by Gasteiger charge is 1.99. The summed E-state index contributed by atoms with van der Waals surface area (Å²) < 4.78 is 10.8. The molecule has 1 rings (SSSR count). The van der Waals surface area contributed by atoms with Gasteiger partial charge in [-0.15, -0.1) is 0 Å². The summed E-state index contributed by atoms with van der Waals surface area (Å²) in [6, 6.07) is 8.07. The molecule has 0 heterocycles. The summed E-state index contributed by atoms with van der Waals surface area (Å²) in [5, 5.41) is 2.36. The largest absolute Gasteiger partial charge is 0.493 e. The Morgan fingerprint density at radius 3 is 2.83 bits per heavy atom. The van der Waals surface area contributed by atoms with Crippen molar-refractivity contribution in [1.82, 2.24) is 5.32 Å². The predicted octanol–water partition coefficient (Wildman–Crippen LogP) is 1.51. The summed E-state index contributed by atoms with van der Waals surface area (Å²) in [5.74, 6) is 0.882. The molecule has 0 bridgehead atoms. The van der Waals surface area contributed by atoms with Gasteiger partial charge in [0.05, 0.1) is 13.2 Å². The summed E-state index contributed by atoms with van der Waals surface area (Å²) >= 11 is 0. The highest BCUT2D eigenvalue weighted by Crippen LogP contribution is 2.15. The molecule has 0 atom stereocenters. The number of para-hydroxylation sites is 1. The average Bonchev–Trinajstić information content (AvgIpc) is 2.39. The zero-order valence-electron chi connectivity index (χ0n) is 10.7. The molecule has 5 heteroatoms. The molecule has 0 radical (unpaired) electrons. The average molecular weight is 250 g/mol. The van der Waals surface area contributed by atoms with Crippen LogP contribution in [0.3, 0.4) is 0 Å².